The molecule has 0 spiro atoms. The molecule has 0 radical (unpaired) electrons. The van der Waals surface area contributed by atoms with Gasteiger partial charge in [0.25, 0.3) is 0 Å². The van der Waals surface area contributed by atoms with Gasteiger partial charge in [-0.15, -0.1) is 0 Å². The van der Waals surface area contributed by atoms with Crippen LogP contribution in [0, 0.1) is 18.3 Å². The van der Waals surface area contributed by atoms with Gasteiger partial charge in [0.2, 0.25) is 5.88 Å². The van der Waals surface area contributed by atoms with E-state index in [4.69, 9.17) is 10.00 Å². The first-order chi connectivity index (χ1) is 8.10. The van der Waals surface area contributed by atoms with Crippen LogP contribution in [0.3, 0.4) is 0 Å². The van der Waals surface area contributed by atoms with E-state index < -0.39 is 0 Å². The first-order valence-corrected chi connectivity index (χ1v) is 5.77. The number of ether oxygens (including phenoxy) is 1. The molecular weight excluding hydrogens is 282 g/mol. The third-order valence-electron chi connectivity index (χ3n) is 2.24. The summed E-state index contributed by atoms with van der Waals surface area (Å²) in [5.41, 5.74) is 1.36. The van der Waals surface area contributed by atoms with Crippen LogP contribution in [0.1, 0.15) is 11.3 Å². The molecule has 0 fully saturated rings. The highest BCUT2D eigenvalue weighted by atomic mass is 79.9. The number of nitriles is 1. The molecule has 0 aliphatic heterocycles. The lowest BCUT2D eigenvalue weighted by atomic mass is 10.2. The largest absolute Gasteiger partial charge is 0.438 e. The zero-order valence-electron chi connectivity index (χ0n) is 9.44. The third-order valence-corrected chi connectivity index (χ3v) is 2.73. The fourth-order valence-electron chi connectivity index (χ4n) is 1.47. The van der Waals surface area contributed by atoms with Crippen LogP contribution in [0.2, 0.25) is 0 Å². The molecule has 1 aromatic heterocycles. The third kappa shape index (κ3) is 2.48. The highest BCUT2D eigenvalue weighted by Crippen LogP contribution is 2.27. The molecule has 0 atom stereocenters. The van der Waals surface area contributed by atoms with Crippen molar-refractivity contribution in [3.63, 3.8) is 0 Å². The zero-order chi connectivity index (χ0) is 12.4. The summed E-state index contributed by atoms with van der Waals surface area (Å²) >= 11 is 3.32. The predicted molar refractivity (Wildman–Crippen MR) is 66.9 cm³/mol. The van der Waals surface area contributed by atoms with E-state index in [0.717, 1.165) is 10.2 Å². The maximum Gasteiger partial charge on any atom is 0.217 e. The molecular formula is C12H10BrN3O. The van der Waals surface area contributed by atoms with Gasteiger partial charge in [-0.2, -0.15) is 10.4 Å². The molecule has 2 rings (SSSR count). The second-order valence-corrected chi connectivity index (χ2v) is 4.52. The molecule has 0 saturated heterocycles. The zero-order valence-corrected chi connectivity index (χ0v) is 11.0. The number of halogens is 1. The Balaban J connectivity index is 2.37. The van der Waals surface area contributed by atoms with Gasteiger partial charge in [0, 0.05) is 17.6 Å². The van der Waals surface area contributed by atoms with Crippen LogP contribution in [0.25, 0.3) is 0 Å². The van der Waals surface area contributed by atoms with Crippen molar-refractivity contribution in [1.29, 1.82) is 5.26 Å². The number of nitrogens with zero attached hydrogens (tertiary/aromatic N) is 3. The van der Waals surface area contributed by atoms with E-state index >= 15 is 0 Å². The summed E-state index contributed by atoms with van der Waals surface area (Å²) in [5, 5.41) is 13.2. The van der Waals surface area contributed by atoms with Gasteiger partial charge >= 0.3 is 0 Å². The Morgan fingerprint density at radius 1 is 1.41 bits per heavy atom. The van der Waals surface area contributed by atoms with Crippen molar-refractivity contribution in [3.05, 3.63) is 40.0 Å². The lowest BCUT2D eigenvalue weighted by Gasteiger charge is -2.07. The van der Waals surface area contributed by atoms with Gasteiger partial charge in [0.15, 0.2) is 0 Å². The highest BCUT2D eigenvalue weighted by Gasteiger charge is 2.08. The van der Waals surface area contributed by atoms with Crippen LogP contribution >= 0.6 is 15.9 Å². The second-order valence-electron chi connectivity index (χ2n) is 3.60. The van der Waals surface area contributed by atoms with E-state index in [0.29, 0.717) is 17.2 Å². The Kier molecular flexibility index (Phi) is 3.16. The number of aromatic nitrogens is 2. The average molecular weight is 292 g/mol. The van der Waals surface area contributed by atoms with Gasteiger partial charge in [-0.25, -0.2) is 4.68 Å². The molecule has 0 unspecified atom stereocenters. The van der Waals surface area contributed by atoms with E-state index in [2.05, 4.69) is 27.1 Å². The summed E-state index contributed by atoms with van der Waals surface area (Å²) in [6.07, 6.45) is 0. The number of hydrogen-bond donors (Lipinski definition) is 0. The topological polar surface area (TPSA) is 50.8 Å². The fraction of sp³-hybridized carbons (Fsp3) is 0.167. The molecule has 5 heteroatoms. The molecule has 0 amide bonds. The van der Waals surface area contributed by atoms with Crippen molar-refractivity contribution in [3.8, 4) is 17.7 Å². The van der Waals surface area contributed by atoms with Crippen LogP contribution in [0.15, 0.2) is 28.7 Å². The molecule has 2 aromatic rings. The molecule has 1 aromatic carbocycles. The van der Waals surface area contributed by atoms with Gasteiger partial charge in [-0.05, 0) is 25.1 Å². The minimum absolute atomic E-state index is 0.484. The molecule has 1 heterocycles. The van der Waals surface area contributed by atoms with Crippen molar-refractivity contribution in [2.24, 2.45) is 7.05 Å². The number of rotatable bonds is 2. The first kappa shape index (κ1) is 11.7. The molecule has 0 N–H and O–H groups in total. The van der Waals surface area contributed by atoms with Crippen LogP contribution in [-0.2, 0) is 7.05 Å². The Bertz CT molecular complexity index is 598. The van der Waals surface area contributed by atoms with Crippen LogP contribution in [-0.4, -0.2) is 9.78 Å². The molecule has 86 valence electrons. The lowest BCUT2D eigenvalue weighted by Crippen LogP contribution is -1.96. The molecule has 4 nitrogen and oxygen atoms in total. The maximum absolute atomic E-state index is 9.02. The van der Waals surface area contributed by atoms with Gasteiger partial charge in [-0.3, -0.25) is 0 Å². The van der Waals surface area contributed by atoms with Crippen molar-refractivity contribution in [1.82, 2.24) is 9.78 Å². The summed E-state index contributed by atoms with van der Waals surface area (Å²) in [5.74, 6) is 1.14. The van der Waals surface area contributed by atoms with Crippen LogP contribution in [0.4, 0.5) is 0 Å². The first-order valence-electron chi connectivity index (χ1n) is 4.98. The molecule has 0 saturated carbocycles. The molecule has 0 aliphatic carbocycles. The van der Waals surface area contributed by atoms with Gasteiger partial charge in [0.1, 0.15) is 11.8 Å². The van der Waals surface area contributed by atoms with Crippen LogP contribution < -0.4 is 4.74 Å². The standard InChI is InChI=1S/C12H10BrN3O/c1-8-5-12(16(2)15-8)17-11-4-3-10(13)6-9(11)7-14/h3-6H,1-2H3. The van der Waals surface area contributed by atoms with E-state index in [1.165, 1.54) is 0 Å². The fourth-order valence-corrected chi connectivity index (χ4v) is 1.83. The Morgan fingerprint density at radius 2 is 2.18 bits per heavy atom. The minimum Gasteiger partial charge on any atom is -0.438 e. The van der Waals surface area contributed by atoms with Crippen molar-refractivity contribution >= 4 is 15.9 Å². The summed E-state index contributed by atoms with van der Waals surface area (Å²) in [6, 6.07) is 9.23. The van der Waals surface area contributed by atoms with Crippen molar-refractivity contribution < 1.29 is 4.74 Å². The molecule has 0 aliphatic rings. The van der Waals surface area contributed by atoms with E-state index in [1.807, 2.05) is 19.1 Å². The average Bonchev–Trinajstić information content (AvgIpc) is 2.60. The maximum atomic E-state index is 9.02. The summed E-state index contributed by atoms with van der Waals surface area (Å²) in [7, 11) is 1.80. The van der Waals surface area contributed by atoms with Gasteiger partial charge in [0.05, 0.1) is 11.3 Å². The minimum atomic E-state index is 0.484. The van der Waals surface area contributed by atoms with E-state index in [9.17, 15) is 0 Å². The summed E-state index contributed by atoms with van der Waals surface area (Å²) in [4.78, 5) is 0. The van der Waals surface area contributed by atoms with Crippen molar-refractivity contribution in [2.75, 3.05) is 0 Å². The Hall–Kier alpha value is -1.80. The normalized spacial score (nSPS) is 10.0. The van der Waals surface area contributed by atoms with Gasteiger partial charge < -0.3 is 4.74 Å². The van der Waals surface area contributed by atoms with Gasteiger partial charge in [-0.1, -0.05) is 15.9 Å². The van der Waals surface area contributed by atoms with Crippen LogP contribution in [0.5, 0.6) is 11.6 Å². The molecule has 0 bridgehead atoms. The summed E-state index contributed by atoms with van der Waals surface area (Å²) < 4.78 is 8.15. The number of hydrogen-bond acceptors (Lipinski definition) is 3. The molecule has 17 heavy (non-hydrogen) atoms. The highest BCUT2D eigenvalue weighted by molar-refractivity contribution is 9.10. The van der Waals surface area contributed by atoms with Crippen molar-refractivity contribution in [2.45, 2.75) is 6.92 Å². The number of aryl methyl sites for hydroxylation is 2. The second kappa shape index (κ2) is 4.60. The summed E-state index contributed by atoms with van der Waals surface area (Å²) in [6.45, 7) is 1.89. The Morgan fingerprint density at radius 3 is 2.76 bits per heavy atom. The monoisotopic (exact) mass is 291 g/mol. The van der Waals surface area contributed by atoms with E-state index in [1.54, 1.807) is 23.9 Å². The lowest BCUT2D eigenvalue weighted by molar-refractivity contribution is 0.429. The SMILES string of the molecule is Cc1cc(Oc2ccc(Br)cc2C#N)n(C)n1. The predicted octanol–water partition coefficient (Wildman–Crippen LogP) is 3.16. The Labute approximate surface area is 108 Å². The number of benzene rings is 1. The quantitative estimate of drug-likeness (QED) is 0.854. The van der Waals surface area contributed by atoms with E-state index in [-0.39, 0.29) is 0 Å². The smallest absolute Gasteiger partial charge is 0.217 e.